The van der Waals surface area contributed by atoms with Gasteiger partial charge >= 0.3 is 6.61 Å². The van der Waals surface area contributed by atoms with Gasteiger partial charge < -0.3 is 20.5 Å². The summed E-state index contributed by atoms with van der Waals surface area (Å²) in [5, 5.41) is 9.11. The van der Waals surface area contributed by atoms with E-state index in [1.807, 2.05) is 6.07 Å². The normalized spacial score (nSPS) is 19.8. The van der Waals surface area contributed by atoms with Crippen LogP contribution in [0.2, 0.25) is 0 Å². The van der Waals surface area contributed by atoms with Crippen LogP contribution >= 0.6 is 0 Å². The number of aromatic nitrogens is 3. The third-order valence-corrected chi connectivity index (χ3v) is 5.76. The number of alkyl halides is 2. The minimum absolute atomic E-state index is 0.0893. The lowest BCUT2D eigenvalue weighted by molar-refractivity contribution is -0.0494. The molecule has 1 aliphatic heterocycles. The zero-order valence-electron chi connectivity index (χ0n) is 17.5. The van der Waals surface area contributed by atoms with Crippen LogP contribution in [0.3, 0.4) is 0 Å². The van der Waals surface area contributed by atoms with E-state index in [1.165, 1.54) is 12.3 Å². The molecule has 2 aliphatic rings. The number of nitrogens with two attached hydrogens (primary N) is 1. The Labute approximate surface area is 180 Å². The highest BCUT2D eigenvalue weighted by Gasteiger charge is 2.30. The number of hydrogen-bond donors (Lipinski definition) is 2. The minimum Gasteiger partial charge on any atom is -0.431 e. The fourth-order valence-corrected chi connectivity index (χ4v) is 3.88. The molecule has 168 valence electrons. The van der Waals surface area contributed by atoms with E-state index in [1.54, 1.807) is 0 Å². The molecule has 0 spiro atoms. The van der Waals surface area contributed by atoms with Gasteiger partial charge in [-0.1, -0.05) is 0 Å². The summed E-state index contributed by atoms with van der Waals surface area (Å²) in [6.07, 6.45) is 4.38. The van der Waals surface area contributed by atoms with Crippen LogP contribution in [0.1, 0.15) is 37.9 Å². The van der Waals surface area contributed by atoms with E-state index in [9.17, 15) is 8.78 Å². The second-order valence-electron chi connectivity index (χ2n) is 8.14. The summed E-state index contributed by atoms with van der Waals surface area (Å²) in [5.41, 5.74) is 6.86. The Morgan fingerprint density at radius 1 is 1.26 bits per heavy atom. The first-order valence-electron chi connectivity index (χ1n) is 10.6. The quantitative estimate of drug-likeness (QED) is 0.654. The molecule has 1 saturated carbocycles. The molecule has 1 atom stereocenters. The number of aliphatic hydroxyl groups is 1. The molecule has 0 bridgehead atoms. The maximum atomic E-state index is 12.7. The second kappa shape index (κ2) is 9.27. The summed E-state index contributed by atoms with van der Waals surface area (Å²) < 4.78 is 29.9. The molecule has 1 saturated heterocycles. The molecule has 4 rings (SSSR count). The Morgan fingerprint density at radius 2 is 2.06 bits per heavy atom. The summed E-state index contributed by atoms with van der Waals surface area (Å²) >= 11 is 0. The number of nitrogens with zero attached hydrogens (tertiary/aromatic N) is 5. The standard InChI is InChI=1S/C21H28F2N6O2/c1-13-12-29(7-6-28(13)5-2-8-30)18-10-16(26-20(27-18)14-3-4-14)15-9-17(31-21(22)23)19(24)25-11-15/h9-11,13-14,21,30H,2-8,12H2,1H3,(H2,24,25). The molecule has 2 aromatic heterocycles. The van der Waals surface area contributed by atoms with E-state index in [0.29, 0.717) is 23.2 Å². The van der Waals surface area contributed by atoms with Gasteiger partial charge in [0.15, 0.2) is 11.6 Å². The summed E-state index contributed by atoms with van der Waals surface area (Å²) in [6.45, 7) is 2.77. The number of pyridine rings is 1. The smallest absolute Gasteiger partial charge is 0.387 e. The number of rotatable bonds is 8. The van der Waals surface area contributed by atoms with Crippen LogP contribution in [0.5, 0.6) is 5.75 Å². The molecule has 3 N–H and O–H groups in total. The van der Waals surface area contributed by atoms with Gasteiger partial charge in [0, 0.05) is 62.6 Å². The lowest BCUT2D eigenvalue weighted by Gasteiger charge is -2.40. The molecule has 2 aromatic rings. The number of nitrogen functional groups attached to an aromatic ring is 1. The number of anilines is 2. The van der Waals surface area contributed by atoms with Crippen LogP contribution in [-0.4, -0.2) is 70.4 Å². The lowest BCUT2D eigenvalue weighted by atomic mass is 10.1. The maximum absolute atomic E-state index is 12.7. The predicted molar refractivity (Wildman–Crippen MR) is 113 cm³/mol. The van der Waals surface area contributed by atoms with Gasteiger partial charge in [0.2, 0.25) is 0 Å². The molecule has 0 amide bonds. The lowest BCUT2D eigenvalue weighted by Crippen LogP contribution is -2.52. The molecule has 31 heavy (non-hydrogen) atoms. The van der Waals surface area contributed by atoms with Crippen LogP contribution in [0.25, 0.3) is 11.3 Å². The van der Waals surface area contributed by atoms with Crippen molar-refractivity contribution in [1.82, 2.24) is 19.9 Å². The minimum atomic E-state index is -2.98. The Hall–Kier alpha value is -2.59. The van der Waals surface area contributed by atoms with Crippen molar-refractivity contribution < 1.29 is 18.6 Å². The first kappa shape index (κ1) is 21.6. The van der Waals surface area contributed by atoms with Crippen LogP contribution in [0.4, 0.5) is 20.4 Å². The van der Waals surface area contributed by atoms with Crippen molar-refractivity contribution in [2.24, 2.45) is 0 Å². The summed E-state index contributed by atoms with van der Waals surface area (Å²) in [5.74, 6) is 1.69. The fraction of sp³-hybridized carbons (Fsp3) is 0.571. The summed E-state index contributed by atoms with van der Waals surface area (Å²) in [7, 11) is 0. The van der Waals surface area contributed by atoms with Gasteiger partial charge in [0.05, 0.1) is 5.69 Å². The zero-order valence-corrected chi connectivity index (χ0v) is 17.5. The van der Waals surface area contributed by atoms with Gasteiger partial charge in [-0.25, -0.2) is 15.0 Å². The van der Waals surface area contributed by atoms with Crippen LogP contribution in [0, 0.1) is 0 Å². The Kier molecular flexibility index (Phi) is 6.47. The van der Waals surface area contributed by atoms with Gasteiger partial charge in [-0.3, -0.25) is 4.90 Å². The molecule has 0 aromatic carbocycles. The van der Waals surface area contributed by atoms with Gasteiger partial charge in [-0.2, -0.15) is 8.78 Å². The molecular formula is C21H28F2N6O2. The first-order chi connectivity index (χ1) is 14.9. The Balaban J connectivity index is 1.61. The van der Waals surface area contributed by atoms with E-state index in [0.717, 1.165) is 57.1 Å². The average molecular weight is 434 g/mol. The summed E-state index contributed by atoms with van der Waals surface area (Å²) in [4.78, 5) is 18.1. The molecule has 1 unspecified atom stereocenters. The molecule has 0 radical (unpaired) electrons. The fourth-order valence-electron chi connectivity index (χ4n) is 3.88. The summed E-state index contributed by atoms with van der Waals surface area (Å²) in [6, 6.07) is 3.65. The number of halogens is 2. The molecular weight excluding hydrogens is 406 g/mol. The van der Waals surface area contributed by atoms with Crippen molar-refractivity contribution in [3.05, 3.63) is 24.2 Å². The topological polar surface area (TPSA) is 101 Å². The van der Waals surface area contributed by atoms with E-state index in [4.69, 9.17) is 15.8 Å². The Morgan fingerprint density at radius 3 is 2.74 bits per heavy atom. The van der Waals surface area contributed by atoms with Crippen molar-refractivity contribution in [2.75, 3.05) is 43.4 Å². The van der Waals surface area contributed by atoms with Crippen molar-refractivity contribution in [3.63, 3.8) is 0 Å². The monoisotopic (exact) mass is 434 g/mol. The number of piperazine rings is 1. The highest BCUT2D eigenvalue weighted by Crippen LogP contribution is 2.40. The largest absolute Gasteiger partial charge is 0.431 e. The third-order valence-electron chi connectivity index (χ3n) is 5.76. The highest BCUT2D eigenvalue weighted by atomic mass is 19.3. The van der Waals surface area contributed by atoms with E-state index < -0.39 is 6.61 Å². The first-order valence-corrected chi connectivity index (χ1v) is 10.6. The van der Waals surface area contributed by atoms with E-state index in [2.05, 4.69) is 31.4 Å². The highest BCUT2D eigenvalue weighted by molar-refractivity contribution is 5.66. The van der Waals surface area contributed by atoms with E-state index >= 15 is 0 Å². The van der Waals surface area contributed by atoms with Crippen LogP contribution < -0.4 is 15.4 Å². The van der Waals surface area contributed by atoms with Crippen molar-refractivity contribution in [3.8, 4) is 17.0 Å². The van der Waals surface area contributed by atoms with Gasteiger partial charge in [-0.15, -0.1) is 0 Å². The predicted octanol–water partition coefficient (Wildman–Crippen LogP) is 2.49. The van der Waals surface area contributed by atoms with Crippen LogP contribution in [0.15, 0.2) is 18.3 Å². The zero-order chi connectivity index (χ0) is 22.0. The van der Waals surface area contributed by atoms with Gasteiger partial charge in [0.25, 0.3) is 0 Å². The average Bonchev–Trinajstić information content (AvgIpc) is 3.59. The van der Waals surface area contributed by atoms with Crippen molar-refractivity contribution >= 4 is 11.6 Å². The molecule has 8 nitrogen and oxygen atoms in total. The van der Waals surface area contributed by atoms with Crippen molar-refractivity contribution in [2.45, 2.75) is 44.8 Å². The number of ether oxygens (including phenoxy) is 1. The second-order valence-corrected chi connectivity index (χ2v) is 8.14. The molecule has 2 fully saturated rings. The molecule has 10 heteroatoms. The number of hydrogen-bond acceptors (Lipinski definition) is 8. The van der Waals surface area contributed by atoms with Crippen molar-refractivity contribution in [1.29, 1.82) is 0 Å². The third kappa shape index (κ3) is 5.19. The van der Waals surface area contributed by atoms with Gasteiger partial charge in [0.1, 0.15) is 11.6 Å². The number of aliphatic hydroxyl groups excluding tert-OH is 1. The maximum Gasteiger partial charge on any atom is 0.387 e. The molecule has 3 heterocycles. The van der Waals surface area contributed by atoms with Crippen LogP contribution in [-0.2, 0) is 0 Å². The van der Waals surface area contributed by atoms with Gasteiger partial charge in [-0.05, 0) is 32.3 Å². The van der Waals surface area contributed by atoms with E-state index in [-0.39, 0.29) is 18.2 Å². The molecule has 1 aliphatic carbocycles. The Bertz CT molecular complexity index is 911. The SMILES string of the molecule is CC1CN(c2cc(-c3cnc(N)c(OC(F)F)c3)nc(C3CC3)n2)CCN1CCCO.